The first-order chi connectivity index (χ1) is 9.32. The van der Waals surface area contributed by atoms with Gasteiger partial charge >= 0.3 is 0 Å². The van der Waals surface area contributed by atoms with Crippen LogP contribution in [0.2, 0.25) is 0 Å². The molecule has 1 aromatic heterocycles. The molecule has 0 fully saturated rings. The van der Waals surface area contributed by atoms with E-state index in [0.29, 0.717) is 30.7 Å². The molecular weight excluding hydrogens is 272 g/mol. The van der Waals surface area contributed by atoms with Gasteiger partial charge in [0, 0.05) is 18.9 Å². The first kappa shape index (κ1) is 17.1. The number of sulfonamides is 1. The van der Waals surface area contributed by atoms with Crippen molar-refractivity contribution < 1.29 is 8.42 Å². The summed E-state index contributed by atoms with van der Waals surface area (Å²) in [6.45, 7) is 9.06. The monoisotopic (exact) mass is 298 g/mol. The van der Waals surface area contributed by atoms with E-state index < -0.39 is 10.0 Å². The zero-order chi connectivity index (χ0) is 15.2. The van der Waals surface area contributed by atoms with Crippen molar-refractivity contribution in [3.8, 4) is 0 Å². The third kappa shape index (κ3) is 6.01. The smallest absolute Gasteiger partial charge is 0.211 e. The second kappa shape index (κ2) is 7.74. The molecule has 0 bridgehead atoms. The van der Waals surface area contributed by atoms with Crippen LogP contribution < -0.4 is 4.72 Å². The van der Waals surface area contributed by atoms with Gasteiger partial charge in [-0.15, -0.1) is 0 Å². The van der Waals surface area contributed by atoms with Gasteiger partial charge in [0.2, 0.25) is 10.0 Å². The standard InChI is InChI=1S/C15H26N2O2S/c1-12(2)15(13(3)4)11-17-20(18,19)10-7-14-5-8-16-9-6-14/h5-6,8-9,12-13,15,17H,7,10-11H2,1-4H3. The van der Waals surface area contributed by atoms with E-state index in [2.05, 4.69) is 37.4 Å². The molecule has 0 aliphatic heterocycles. The molecular formula is C15H26N2O2S. The Morgan fingerprint density at radius 3 is 2.15 bits per heavy atom. The van der Waals surface area contributed by atoms with Crippen molar-refractivity contribution in [2.45, 2.75) is 34.1 Å². The van der Waals surface area contributed by atoms with Crippen molar-refractivity contribution in [2.75, 3.05) is 12.3 Å². The van der Waals surface area contributed by atoms with Gasteiger partial charge in [-0.3, -0.25) is 4.98 Å². The number of hydrogen-bond acceptors (Lipinski definition) is 3. The van der Waals surface area contributed by atoms with Crippen LogP contribution in [-0.4, -0.2) is 25.7 Å². The molecule has 0 saturated carbocycles. The number of aryl methyl sites for hydroxylation is 1. The molecule has 0 saturated heterocycles. The van der Waals surface area contributed by atoms with Crippen molar-refractivity contribution in [3.63, 3.8) is 0 Å². The molecule has 4 nitrogen and oxygen atoms in total. The highest BCUT2D eigenvalue weighted by atomic mass is 32.2. The zero-order valence-electron chi connectivity index (χ0n) is 12.8. The Morgan fingerprint density at radius 1 is 1.10 bits per heavy atom. The van der Waals surface area contributed by atoms with Crippen LogP contribution in [0.4, 0.5) is 0 Å². The molecule has 114 valence electrons. The minimum atomic E-state index is -3.21. The fraction of sp³-hybridized carbons (Fsp3) is 0.667. The Kier molecular flexibility index (Phi) is 6.62. The van der Waals surface area contributed by atoms with E-state index in [9.17, 15) is 8.42 Å². The molecule has 1 heterocycles. The highest BCUT2D eigenvalue weighted by Crippen LogP contribution is 2.19. The summed E-state index contributed by atoms with van der Waals surface area (Å²) in [6, 6.07) is 3.70. The fourth-order valence-electron chi connectivity index (χ4n) is 2.34. The second-order valence-electron chi connectivity index (χ2n) is 5.92. The van der Waals surface area contributed by atoms with Gasteiger partial charge in [0.25, 0.3) is 0 Å². The third-order valence-corrected chi connectivity index (χ3v) is 5.01. The van der Waals surface area contributed by atoms with Gasteiger partial charge in [-0.1, -0.05) is 27.7 Å². The van der Waals surface area contributed by atoms with Crippen molar-refractivity contribution in [1.29, 1.82) is 0 Å². The Hall–Kier alpha value is -0.940. The summed E-state index contributed by atoms with van der Waals surface area (Å²) in [6.07, 6.45) is 3.89. The molecule has 20 heavy (non-hydrogen) atoms. The molecule has 1 aromatic rings. The van der Waals surface area contributed by atoms with Gasteiger partial charge < -0.3 is 0 Å². The highest BCUT2D eigenvalue weighted by Gasteiger charge is 2.20. The van der Waals surface area contributed by atoms with E-state index in [1.165, 1.54) is 0 Å². The Morgan fingerprint density at radius 2 is 1.65 bits per heavy atom. The molecule has 1 N–H and O–H groups in total. The van der Waals surface area contributed by atoms with Crippen molar-refractivity contribution in [1.82, 2.24) is 9.71 Å². The highest BCUT2D eigenvalue weighted by molar-refractivity contribution is 7.89. The lowest BCUT2D eigenvalue weighted by molar-refractivity contribution is 0.289. The van der Waals surface area contributed by atoms with Gasteiger partial charge in [-0.2, -0.15) is 0 Å². The van der Waals surface area contributed by atoms with Crippen LogP contribution >= 0.6 is 0 Å². The first-order valence-corrected chi connectivity index (χ1v) is 8.83. The van der Waals surface area contributed by atoms with E-state index in [-0.39, 0.29) is 5.75 Å². The van der Waals surface area contributed by atoms with Crippen molar-refractivity contribution >= 4 is 10.0 Å². The fourth-order valence-corrected chi connectivity index (χ4v) is 3.43. The van der Waals surface area contributed by atoms with Gasteiger partial charge in [0.15, 0.2) is 0 Å². The summed E-state index contributed by atoms with van der Waals surface area (Å²) in [7, 11) is -3.21. The maximum absolute atomic E-state index is 12.0. The Bertz CT molecular complexity index is 476. The molecule has 0 radical (unpaired) electrons. The lowest BCUT2D eigenvalue weighted by atomic mass is 9.86. The molecule has 1 rings (SSSR count). The summed E-state index contributed by atoms with van der Waals surface area (Å²) in [4.78, 5) is 3.92. The predicted molar refractivity (Wildman–Crippen MR) is 82.9 cm³/mol. The van der Waals surface area contributed by atoms with Gasteiger partial charge in [0.1, 0.15) is 0 Å². The molecule has 0 unspecified atom stereocenters. The lowest BCUT2D eigenvalue weighted by Crippen LogP contribution is -2.35. The van der Waals surface area contributed by atoms with E-state index in [1.807, 2.05) is 12.1 Å². The van der Waals surface area contributed by atoms with Crippen LogP contribution in [0.1, 0.15) is 33.3 Å². The zero-order valence-corrected chi connectivity index (χ0v) is 13.7. The van der Waals surface area contributed by atoms with Crippen LogP contribution in [0.15, 0.2) is 24.5 Å². The molecule has 0 aliphatic carbocycles. The average molecular weight is 298 g/mol. The third-order valence-electron chi connectivity index (χ3n) is 3.66. The summed E-state index contributed by atoms with van der Waals surface area (Å²) in [5, 5.41) is 0. The van der Waals surface area contributed by atoms with Gasteiger partial charge in [-0.05, 0) is 41.9 Å². The minimum absolute atomic E-state index is 0.125. The topological polar surface area (TPSA) is 59.1 Å². The normalized spacial score (nSPS) is 12.6. The SMILES string of the molecule is CC(C)C(CNS(=O)(=O)CCc1ccncc1)C(C)C. The summed E-state index contributed by atoms with van der Waals surface area (Å²) >= 11 is 0. The minimum Gasteiger partial charge on any atom is -0.265 e. The first-order valence-electron chi connectivity index (χ1n) is 7.18. The van der Waals surface area contributed by atoms with E-state index in [4.69, 9.17) is 0 Å². The molecule has 5 heteroatoms. The van der Waals surface area contributed by atoms with E-state index >= 15 is 0 Å². The maximum atomic E-state index is 12.0. The lowest BCUT2D eigenvalue weighted by Gasteiger charge is -2.25. The molecule has 0 amide bonds. The largest absolute Gasteiger partial charge is 0.265 e. The van der Waals surface area contributed by atoms with Gasteiger partial charge in [0.05, 0.1) is 5.75 Å². The summed E-state index contributed by atoms with van der Waals surface area (Å²) in [5.41, 5.74) is 0.995. The molecule has 0 aromatic carbocycles. The Balaban J connectivity index is 2.49. The predicted octanol–water partition coefficient (Wildman–Crippen LogP) is 2.47. The van der Waals surface area contributed by atoms with Crippen molar-refractivity contribution in [3.05, 3.63) is 30.1 Å². The van der Waals surface area contributed by atoms with Crippen LogP contribution in [0.3, 0.4) is 0 Å². The van der Waals surface area contributed by atoms with Crippen LogP contribution in [0.25, 0.3) is 0 Å². The van der Waals surface area contributed by atoms with Crippen molar-refractivity contribution in [2.24, 2.45) is 17.8 Å². The maximum Gasteiger partial charge on any atom is 0.211 e. The number of aromatic nitrogens is 1. The average Bonchev–Trinajstić information content (AvgIpc) is 2.37. The van der Waals surface area contributed by atoms with Crippen LogP contribution in [-0.2, 0) is 16.4 Å². The van der Waals surface area contributed by atoms with Crippen LogP contribution in [0, 0.1) is 17.8 Å². The van der Waals surface area contributed by atoms with Crippen LogP contribution in [0.5, 0.6) is 0 Å². The number of rotatable bonds is 8. The number of pyridine rings is 1. The number of nitrogens with one attached hydrogen (secondary N) is 1. The quantitative estimate of drug-likeness (QED) is 0.802. The molecule has 0 atom stereocenters. The van der Waals surface area contributed by atoms with Gasteiger partial charge in [-0.25, -0.2) is 13.1 Å². The summed E-state index contributed by atoms with van der Waals surface area (Å²) in [5.74, 6) is 1.43. The number of hydrogen-bond donors (Lipinski definition) is 1. The van der Waals surface area contributed by atoms with E-state index in [1.54, 1.807) is 12.4 Å². The molecule has 0 aliphatic rings. The second-order valence-corrected chi connectivity index (χ2v) is 7.85. The Labute approximate surface area is 123 Å². The van der Waals surface area contributed by atoms with E-state index in [0.717, 1.165) is 5.56 Å². The number of nitrogens with zero attached hydrogens (tertiary/aromatic N) is 1. The molecule has 0 spiro atoms. The summed E-state index contributed by atoms with van der Waals surface area (Å²) < 4.78 is 26.8.